The van der Waals surface area contributed by atoms with E-state index in [1.807, 2.05) is 0 Å². The first kappa shape index (κ1) is 10.5. The molecule has 0 spiro atoms. The third-order valence-electron chi connectivity index (χ3n) is 2.94. The molecule has 1 aromatic rings. The standard InChI is InChI=1S/C11H14FNO2/c1-14-11(3-6-15-7-4-11)9-2-5-13-10(12)8-9/h2,5,8H,3-4,6-7H2,1H3. The summed E-state index contributed by atoms with van der Waals surface area (Å²) in [6.07, 6.45) is 2.99. The molecule has 82 valence electrons. The lowest BCUT2D eigenvalue weighted by Crippen LogP contribution is -2.35. The molecule has 2 heterocycles. The van der Waals surface area contributed by atoms with Crippen LogP contribution in [0.25, 0.3) is 0 Å². The number of pyridine rings is 1. The van der Waals surface area contributed by atoms with Gasteiger partial charge in [0.25, 0.3) is 0 Å². The molecular formula is C11H14FNO2. The Morgan fingerprint density at radius 3 is 2.80 bits per heavy atom. The monoisotopic (exact) mass is 211 g/mol. The van der Waals surface area contributed by atoms with Gasteiger partial charge < -0.3 is 9.47 Å². The zero-order valence-electron chi connectivity index (χ0n) is 8.70. The molecule has 0 saturated carbocycles. The normalized spacial score (nSPS) is 20.1. The third-order valence-corrected chi connectivity index (χ3v) is 2.94. The van der Waals surface area contributed by atoms with Crippen molar-refractivity contribution in [3.63, 3.8) is 0 Å². The fraction of sp³-hybridized carbons (Fsp3) is 0.545. The molecule has 3 nitrogen and oxygen atoms in total. The molecule has 1 aliphatic heterocycles. The number of hydrogen-bond donors (Lipinski definition) is 0. The Hall–Kier alpha value is -1.00. The van der Waals surface area contributed by atoms with E-state index < -0.39 is 11.5 Å². The Kier molecular flexibility index (Phi) is 2.98. The molecule has 15 heavy (non-hydrogen) atoms. The summed E-state index contributed by atoms with van der Waals surface area (Å²) >= 11 is 0. The predicted octanol–water partition coefficient (Wildman–Crippen LogP) is 1.87. The summed E-state index contributed by atoms with van der Waals surface area (Å²) in [6, 6.07) is 3.24. The molecule has 0 N–H and O–H groups in total. The predicted molar refractivity (Wildman–Crippen MR) is 52.9 cm³/mol. The molecule has 1 saturated heterocycles. The van der Waals surface area contributed by atoms with Gasteiger partial charge in [0.15, 0.2) is 0 Å². The summed E-state index contributed by atoms with van der Waals surface area (Å²) in [4.78, 5) is 3.55. The van der Waals surface area contributed by atoms with E-state index in [1.54, 1.807) is 13.2 Å². The minimum absolute atomic E-state index is 0.401. The summed E-state index contributed by atoms with van der Waals surface area (Å²) < 4.78 is 23.9. The molecule has 1 aromatic heterocycles. The number of halogens is 1. The van der Waals surface area contributed by atoms with Crippen LogP contribution in [-0.4, -0.2) is 25.3 Å². The SMILES string of the molecule is COC1(c2ccnc(F)c2)CCOCC1. The minimum atomic E-state index is -0.463. The first-order valence-corrected chi connectivity index (χ1v) is 5.02. The summed E-state index contributed by atoms with van der Waals surface area (Å²) in [5.74, 6) is -0.463. The van der Waals surface area contributed by atoms with Crippen LogP contribution in [0.3, 0.4) is 0 Å². The van der Waals surface area contributed by atoms with Crippen molar-refractivity contribution in [1.29, 1.82) is 0 Å². The van der Waals surface area contributed by atoms with Crippen molar-refractivity contribution in [1.82, 2.24) is 4.98 Å². The maximum atomic E-state index is 13.0. The van der Waals surface area contributed by atoms with Gasteiger partial charge in [-0.1, -0.05) is 0 Å². The van der Waals surface area contributed by atoms with Crippen LogP contribution < -0.4 is 0 Å². The quantitative estimate of drug-likeness (QED) is 0.700. The van der Waals surface area contributed by atoms with Gasteiger partial charge in [0.05, 0.1) is 5.60 Å². The largest absolute Gasteiger partial charge is 0.381 e. The highest BCUT2D eigenvalue weighted by Gasteiger charge is 2.34. The molecule has 0 atom stereocenters. The topological polar surface area (TPSA) is 31.4 Å². The van der Waals surface area contributed by atoms with Crippen molar-refractivity contribution in [2.24, 2.45) is 0 Å². The Morgan fingerprint density at radius 1 is 1.47 bits per heavy atom. The second-order valence-corrected chi connectivity index (χ2v) is 3.68. The highest BCUT2D eigenvalue weighted by atomic mass is 19.1. The molecule has 0 aromatic carbocycles. The summed E-state index contributed by atoms with van der Waals surface area (Å²) in [5.41, 5.74) is 0.447. The summed E-state index contributed by atoms with van der Waals surface area (Å²) in [6.45, 7) is 1.30. The van der Waals surface area contributed by atoms with Crippen molar-refractivity contribution in [3.8, 4) is 0 Å². The molecule has 0 aliphatic carbocycles. The Bertz CT molecular complexity index is 337. The molecule has 1 aliphatic rings. The third kappa shape index (κ3) is 2.01. The molecule has 0 bridgehead atoms. The van der Waals surface area contributed by atoms with E-state index in [0.29, 0.717) is 13.2 Å². The van der Waals surface area contributed by atoms with Crippen LogP contribution in [-0.2, 0) is 15.1 Å². The van der Waals surface area contributed by atoms with Crippen LogP contribution in [0, 0.1) is 5.95 Å². The lowest BCUT2D eigenvalue weighted by atomic mass is 9.87. The van der Waals surface area contributed by atoms with Crippen LogP contribution in [0.2, 0.25) is 0 Å². The van der Waals surface area contributed by atoms with Gasteiger partial charge in [-0.3, -0.25) is 0 Å². The van der Waals surface area contributed by atoms with Gasteiger partial charge in [-0.05, 0) is 17.7 Å². The van der Waals surface area contributed by atoms with Crippen LogP contribution >= 0.6 is 0 Å². The maximum absolute atomic E-state index is 13.0. The highest BCUT2D eigenvalue weighted by Crippen LogP contribution is 2.35. The lowest BCUT2D eigenvalue weighted by molar-refractivity contribution is -0.0949. The van der Waals surface area contributed by atoms with Crippen molar-refractivity contribution >= 4 is 0 Å². The number of methoxy groups -OCH3 is 1. The lowest BCUT2D eigenvalue weighted by Gasteiger charge is -2.36. The van der Waals surface area contributed by atoms with E-state index in [1.165, 1.54) is 12.3 Å². The molecule has 2 rings (SSSR count). The van der Waals surface area contributed by atoms with E-state index >= 15 is 0 Å². The van der Waals surface area contributed by atoms with Crippen molar-refractivity contribution in [2.75, 3.05) is 20.3 Å². The van der Waals surface area contributed by atoms with Crippen LogP contribution in [0.15, 0.2) is 18.3 Å². The molecule has 0 radical (unpaired) electrons. The maximum Gasteiger partial charge on any atom is 0.213 e. The van der Waals surface area contributed by atoms with E-state index in [9.17, 15) is 4.39 Å². The Morgan fingerprint density at radius 2 is 2.20 bits per heavy atom. The first-order valence-electron chi connectivity index (χ1n) is 5.02. The van der Waals surface area contributed by atoms with E-state index in [-0.39, 0.29) is 0 Å². The minimum Gasteiger partial charge on any atom is -0.381 e. The molecular weight excluding hydrogens is 197 g/mol. The Balaban J connectivity index is 2.32. The van der Waals surface area contributed by atoms with E-state index in [2.05, 4.69) is 4.98 Å². The Labute approximate surface area is 88.2 Å². The number of hydrogen-bond acceptors (Lipinski definition) is 3. The molecule has 1 fully saturated rings. The smallest absolute Gasteiger partial charge is 0.213 e. The van der Waals surface area contributed by atoms with Crippen molar-refractivity contribution in [3.05, 3.63) is 29.8 Å². The number of ether oxygens (including phenoxy) is 2. The summed E-state index contributed by atoms with van der Waals surface area (Å²) in [5, 5.41) is 0. The molecule has 0 amide bonds. The van der Waals surface area contributed by atoms with Crippen LogP contribution in [0.5, 0.6) is 0 Å². The number of nitrogens with zero attached hydrogens (tertiary/aromatic N) is 1. The zero-order chi connectivity index (χ0) is 10.7. The molecule has 4 heteroatoms. The van der Waals surface area contributed by atoms with Crippen LogP contribution in [0.1, 0.15) is 18.4 Å². The van der Waals surface area contributed by atoms with Gasteiger partial charge in [0.1, 0.15) is 0 Å². The molecule has 0 unspecified atom stereocenters. The summed E-state index contributed by atoms with van der Waals surface area (Å²) in [7, 11) is 1.66. The van der Waals surface area contributed by atoms with E-state index in [4.69, 9.17) is 9.47 Å². The average Bonchev–Trinajstić information content (AvgIpc) is 2.30. The van der Waals surface area contributed by atoms with Gasteiger partial charge in [-0.25, -0.2) is 4.98 Å². The number of aromatic nitrogens is 1. The van der Waals surface area contributed by atoms with Crippen molar-refractivity contribution < 1.29 is 13.9 Å². The fourth-order valence-corrected chi connectivity index (χ4v) is 2.00. The van der Waals surface area contributed by atoms with Gasteiger partial charge in [-0.15, -0.1) is 0 Å². The van der Waals surface area contributed by atoms with Crippen molar-refractivity contribution in [2.45, 2.75) is 18.4 Å². The van der Waals surface area contributed by atoms with Crippen LogP contribution in [0.4, 0.5) is 4.39 Å². The van der Waals surface area contributed by atoms with Gasteiger partial charge >= 0.3 is 0 Å². The average molecular weight is 211 g/mol. The van der Waals surface area contributed by atoms with Gasteiger partial charge in [0.2, 0.25) is 5.95 Å². The highest BCUT2D eigenvalue weighted by molar-refractivity contribution is 5.20. The van der Waals surface area contributed by atoms with Gasteiger partial charge in [-0.2, -0.15) is 4.39 Å². The van der Waals surface area contributed by atoms with E-state index in [0.717, 1.165) is 18.4 Å². The first-order chi connectivity index (χ1) is 7.27. The number of rotatable bonds is 2. The fourth-order valence-electron chi connectivity index (χ4n) is 2.00. The second-order valence-electron chi connectivity index (χ2n) is 3.68. The van der Waals surface area contributed by atoms with Gasteiger partial charge in [0, 0.05) is 39.4 Å². The second kappa shape index (κ2) is 4.24. The zero-order valence-corrected chi connectivity index (χ0v) is 8.70.